The number of nitrogens with one attached hydrogen (secondary N) is 2. The minimum absolute atomic E-state index is 0.0775. The molecule has 0 bridgehead atoms. The van der Waals surface area contributed by atoms with Crippen LogP contribution in [0.25, 0.3) is 11.4 Å². The summed E-state index contributed by atoms with van der Waals surface area (Å²) in [7, 11) is 1.60. The van der Waals surface area contributed by atoms with E-state index in [1.54, 1.807) is 7.11 Å². The van der Waals surface area contributed by atoms with Gasteiger partial charge in [-0.05, 0) is 42.4 Å². The number of hydrogen-bond donors (Lipinski definition) is 2. The summed E-state index contributed by atoms with van der Waals surface area (Å²) in [5.74, 6) is 1.93. The molecule has 0 atom stereocenters. The van der Waals surface area contributed by atoms with E-state index in [4.69, 9.17) is 21.7 Å². The van der Waals surface area contributed by atoms with Gasteiger partial charge in [-0.25, -0.2) is 0 Å². The third-order valence-corrected chi connectivity index (χ3v) is 5.90. The van der Waals surface area contributed by atoms with Crippen molar-refractivity contribution in [3.8, 4) is 22.9 Å². The van der Waals surface area contributed by atoms with Gasteiger partial charge in [-0.2, -0.15) is 5.10 Å². The first kappa shape index (κ1) is 24.2. The van der Waals surface area contributed by atoms with Crippen LogP contribution >= 0.6 is 12.2 Å². The number of aromatic nitrogens is 3. The first-order valence-electron chi connectivity index (χ1n) is 11.4. The molecule has 0 saturated carbocycles. The Labute approximate surface area is 209 Å². The number of benzene rings is 3. The van der Waals surface area contributed by atoms with E-state index in [0.717, 1.165) is 22.5 Å². The lowest BCUT2D eigenvalue weighted by Crippen LogP contribution is -2.24. The van der Waals surface area contributed by atoms with E-state index >= 15 is 0 Å². The highest BCUT2D eigenvalue weighted by Gasteiger charge is 2.12. The molecule has 4 rings (SSSR count). The topological polar surface area (TPSA) is 81.2 Å². The van der Waals surface area contributed by atoms with E-state index in [9.17, 15) is 4.79 Å². The van der Waals surface area contributed by atoms with E-state index in [1.807, 2.05) is 84.3 Å². The van der Waals surface area contributed by atoms with Crippen LogP contribution in [0.2, 0.25) is 0 Å². The Morgan fingerprint density at radius 3 is 2.54 bits per heavy atom. The van der Waals surface area contributed by atoms with Gasteiger partial charge in [0.2, 0.25) is 5.91 Å². The fourth-order valence-electron chi connectivity index (χ4n) is 3.63. The zero-order valence-corrected chi connectivity index (χ0v) is 20.6. The average Bonchev–Trinajstić information content (AvgIpc) is 3.26. The molecule has 0 saturated heterocycles. The van der Waals surface area contributed by atoms with Crippen molar-refractivity contribution in [3.63, 3.8) is 0 Å². The van der Waals surface area contributed by atoms with Gasteiger partial charge in [0.15, 0.2) is 22.1 Å². The maximum Gasteiger partial charge on any atom is 0.222 e. The molecule has 2 N–H and O–H groups in total. The van der Waals surface area contributed by atoms with Crippen LogP contribution in [0.15, 0.2) is 72.8 Å². The molecule has 0 aliphatic rings. The molecule has 1 heterocycles. The number of nitrogens with zero attached hydrogens (tertiary/aromatic N) is 2. The van der Waals surface area contributed by atoms with Gasteiger partial charge < -0.3 is 14.8 Å². The molecular formula is C27H28N4O3S. The normalized spacial score (nSPS) is 10.7. The molecule has 0 fully saturated rings. The van der Waals surface area contributed by atoms with Crippen LogP contribution in [-0.4, -0.2) is 27.8 Å². The van der Waals surface area contributed by atoms with Crippen LogP contribution in [0.4, 0.5) is 0 Å². The Hall–Kier alpha value is -3.91. The number of ether oxygens (including phenoxy) is 2. The minimum atomic E-state index is -0.0775. The second-order valence-electron chi connectivity index (χ2n) is 8.16. The molecule has 0 unspecified atom stereocenters. The lowest BCUT2D eigenvalue weighted by atomic mass is 10.1. The average molecular weight is 489 g/mol. The molecule has 0 radical (unpaired) electrons. The van der Waals surface area contributed by atoms with Gasteiger partial charge in [-0.15, -0.1) is 0 Å². The van der Waals surface area contributed by atoms with Gasteiger partial charge in [0.1, 0.15) is 6.61 Å². The highest BCUT2D eigenvalue weighted by Crippen LogP contribution is 2.29. The monoisotopic (exact) mass is 488 g/mol. The Balaban J connectivity index is 1.32. The number of rotatable bonds is 10. The van der Waals surface area contributed by atoms with Crippen molar-refractivity contribution in [1.29, 1.82) is 0 Å². The second kappa shape index (κ2) is 11.5. The molecule has 35 heavy (non-hydrogen) atoms. The summed E-state index contributed by atoms with van der Waals surface area (Å²) < 4.78 is 13.7. The zero-order valence-electron chi connectivity index (χ0n) is 19.8. The van der Waals surface area contributed by atoms with E-state index in [0.29, 0.717) is 36.0 Å². The first-order chi connectivity index (χ1) is 17.0. The summed E-state index contributed by atoms with van der Waals surface area (Å²) in [6.45, 7) is 3.30. The van der Waals surface area contributed by atoms with Crippen molar-refractivity contribution < 1.29 is 14.3 Å². The maximum absolute atomic E-state index is 12.6. The standard InChI is InChI=1S/C27H28N4O3S/c1-19-8-11-22(12-9-19)26-29-30-27(35)31(26)15-14-25(32)28-17-21-10-13-23(24(16-21)33-2)34-18-20-6-4-3-5-7-20/h3-13,16H,14-15,17-18H2,1-2H3,(H,28,32)(H,30,35). The summed E-state index contributed by atoms with van der Waals surface area (Å²) in [5, 5.41) is 10.1. The van der Waals surface area contributed by atoms with Gasteiger partial charge in [0.05, 0.1) is 7.11 Å². The maximum atomic E-state index is 12.6. The summed E-state index contributed by atoms with van der Waals surface area (Å²) in [5.41, 5.74) is 4.11. The lowest BCUT2D eigenvalue weighted by molar-refractivity contribution is -0.121. The predicted octanol–water partition coefficient (Wildman–Crippen LogP) is 5.21. The molecule has 4 aromatic rings. The van der Waals surface area contributed by atoms with Gasteiger partial charge in [-0.1, -0.05) is 66.2 Å². The number of hydrogen-bond acceptors (Lipinski definition) is 5. The van der Waals surface area contributed by atoms with E-state index < -0.39 is 0 Å². The summed E-state index contributed by atoms with van der Waals surface area (Å²) in [4.78, 5) is 12.6. The van der Waals surface area contributed by atoms with Crippen molar-refractivity contribution in [2.45, 2.75) is 33.0 Å². The molecule has 0 spiro atoms. The van der Waals surface area contributed by atoms with Crippen LogP contribution in [-0.2, 0) is 24.5 Å². The van der Waals surface area contributed by atoms with Gasteiger partial charge >= 0.3 is 0 Å². The Bertz CT molecular complexity index is 1330. The van der Waals surface area contributed by atoms with Crippen molar-refractivity contribution in [2.75, 3.05) is 7.11 Å². The van der Waals surface area contributed by atoms with Crippen LogP contribution in [0.3, 0.4) is 0 Å². The Morgan fingerprint density at radius 2 is 1.80 bits per heavy atom. The van der Waals surface area contributed by atoms with Crippen molar-refractivity contribution in [1.82, 2.24) is 20.1 Å². The number of aromatic amines is 1. The minimum Gasteiger partial charge on any atom is -0.493 e. The van der Waals surface area contributed by atoms with Gasteiger partial charge in [0.25, 0.3) is 0 Å². The largest absolute Gasteiger partial charge is 0.493 e. The quantitative estimate of drug-likeness (QED) is 0.300. The number of aryl methyl sites for hydroxylation is 1. The van der Waals surface area contributed by atoms with E-state index in [2.05, 4.69) is 15.5 Å². The lowest BCUT2D eigenvalue weighted by Gasteiger charge is -2.13. The van der Waals surface area contributed by atoms with Crippen molar-refractivity contribution in [2.24, 2.45) is 0 Å². The van der Waals surface area contributed by atoms with Crippen LogP contribution in [0.5, 0.6) is 11.5 Å². The number of H-pyrrole nitrogens is 1. The Kier molecular flexibility index (Phi) is 7.95. The number of carbonyl (C=O) groups excluding carboxylic acids is 1. The molecule has 1 aromatic heterocycles. The second-order valence-corrected chi connectivity index (χ2v) is 8.54. The predicted molar refractivity (Wildman–Crippen MR) is 138 cm³/mol. The van der Waals surface area contributed by atoms with E-state index in [1.165, 1.54) is 5.56 Å². The fourth-order valence-corrected chi connectivity index (χ4v) is 3.85. The number of methoxy groups -OCH3 is 1. The third kappa shape index (κ3) is 6.36. The number of carbonyl (C=O) groups is 1. The Morgan fingerprint density at radius 1 is 1.03 bits per heavy atom. The highest BCUT2D eigenvalue weighted by atomic mass is 32.1. The zero-order chi connectivity index (χ0) is 24.6. The summed E-state index contributed by atoms with van der Waals surface area (Å²) in [6.07, 6.45) is 0.280. The molecule has 0 aliphatic heterocycles. The molecule has 1 amide bonds. The highest BCUT2D eigenvalue weighted by molar-refractivity contribution is 7.71. The van der Waals surface area contributed by atoms with Gasteiger partial charge in [-0.3, -0.25) is 14.5 Å². The first-order valence-corrected chi connectivity index (χ1v) is 11.8. The summed E-state index contributed by atoms with van der Waals surface area (Å²) >= 11 is 5.37. The smallest absolute Gasteiger partial charge is 0.222 e. The van der Waals surface area contributed by atoms with Crippen molar-refractivity contribution >= 4 is 18.1 Å². The van der Waals surface area contributed by atoms with Crippen LogP contribution < -0.4 is 14.8 Å². The number of amides is 1. The van der Waals surface area contributed by atoms with Crippen LogP contribution in [0, 0.1) is 11.7 Å². The molecule has 0 aliphatic carbocycles. The van der Waals surface area contributed by atoms with E-state index in [-0.39, 0.29) is 12.3 Å². The molecule has 180 valence electrons. The van der Waals surface area contributed by atoms with Crippen LogP contribution in [0.1, 0.15) is 23.1 Å². The molecule has 7 nitrogen and oxygen atoms in total. The fraction of sp³-hybridized carbons (Fsp3) is 0.222. The molecule has 3 aromatic carbocycles. The van der Waals surface area contributed by atoms with Crippen molar-refractivity contribution in [3.05, 3.63) is 94.3 Å². The molecular weight excluding hydrogens is 460 g/mol. The SMILES string of the molecule is COc1cc(CNC(=O)CCn2c(-c3ccc(C)cc3)n[nH]c2=S)ccc1OCc1ccccc1. The summed E-state index contributed by atoms with van der Waals surface area (Å²) in [6, 6.07) is 23.7. The molecule has 8 heteroatoms. The third-order valence-electron chi connectivity index (χ3n) is 5.59. The van der Waals surface area contributed by atoms with Gasteiger partial charge in [0, 0.05) is 25.1 Å².